The number of rotatable bonds is 10. The predicted octanol–water partition coefficient (Wildman–Crippen LogP) is 6.08. The number of hydrogen-bond acceptors (Lipinski definition) is 5. The van der Waals surface area contributed by atoms with Crippen molar-refractivity contribution in [2.75, 3.05) is 10.8 Å². The molecule has 0 aliphatic rings. The minimum Gasteiger partial charge on any atom is -0.483 e. The molecule has 35 heavy (non-hydrogen) atoms. The van der Waals surface area contributed by atoms with Crippen molar-refractivity contribution in [2.24, 2.45) is 5.92 Å². The lowest BCUT2D eigenvalue weighted by Crippen LogP contribution is -2.34. The number of nitrogens with zero attached hydrogens (tertiary/aromatic N) is 2. The molecule has 0 saturated carbocycles. The topological polar surface area (TPSA) is 96.8 Å². The summed E-state index contributed by atoms with van der Waals surface area (Å²) in [7, 11) is -3.73. The van der Waals surface area contributed by atoms with E-state index in [0.717, 1.165) is 30.5 Å². The van der Waals surface area contributed by atoms with Gasteiger partial charge in [0.05, 0.1) is 16.8 Å². The van der Waals surface area contributed by atoms with Crippen LogP contribution in [0.1, 0.15) is 44.7 Å². The lowest BCUT2D eigenvalue weighted by molar-refractivity contribution is -0.122. The molecule has 188 valence electrons. The van der Waals surface area contributed by atoms with Crippen molar-refractivity contribution in [2.45, 2.75) is 51.9 Å². The van der Waals surface area contributed by atoms with Crippen molar-refractivity contribution >= 4 is 22.2 Å². The number of benzene rings is 2. The zero-order valence-corrected chi connectivity index (χ0v) is 21.5. The molecule has 0 unspecified atom stereocenters. The number of unbranched alkanes of at least 4 members (excludes halogenated alkanes) is 1. The molecule has 0 aliphatic heterocycles. The lowest BCUT2D eigenvalue weighted by Gasteiger charge is -2.28. The van der Waals surface area contributed by atoms with Crippen LogP contribution in [0.2, 0.25) is 0 Å². The first-order valence-electron chi connectivity index (χ1n) is 11.6. The van der Waals surface area contributed by atoms with Gasteiger partial charge in [-0.25, -0.2) is 8.42 Å². The van der Waals surface area contributed by atoms with Crippen LogP contribution in [0.25, 0.3) is 0 Å². The van der Waals surface area contributed by atoms with Gasteiger partial charge in [0.1, 0.15) is 11.5 Å². The van der Waals surface area contributed by atoms with Crippen molar-refractivity contribution < 1.29 is 23.1 Å². The van der Waals surface area contributed by atoms with Crippen molar-refractivity contribution in [1.29, 1.82) is 0 Å². The van der Waals surface area contributed by atoms with Gasteiger partial charge in [-0.2, -0.15) is 0 Å². The molecule has 0 aliphatic carbocycles. The lowest BCUT2D eigenvalue weighted by atomic mass is 10.0. The van der Waals surface area contributed by atoms with Gasteiger partial charge in [0.15, 0.2) is 0 Å². The molecule has 1 N–H and O–H groups in total. The maximum Gasteiger partial charge on any atom is 0.290 e. The molecule has 0 radical (unpaired) electrons. The maximum atomic E-state index is 13.6. The fraction of sp³-hybridized carbons (Fsp3) is 0.333. The Balaban J connectivity index is 0.00000137. The van der Waals surface area contributed by atoms with Crippen LogP contribution in [0.4, 0.5) is 5.69 Å². The number of pyridine rings is 1. The normalized spacial score (nSPS) is 10.9. The van der Waals surface area contributed by atoms with Crippen molar-refractivity contribution in [1.82, 2.24) is 4.98 Å². The SMILES string of the molecule is CCCCc1ccc(N(CC(C)C)S(=O)(=O)c2ccc(Oc3cccnc3)cc2)c(C)c1.O=CO. The van der Waals surface area contributed by atoms with Crippen LogP contribution >= 0.6 is 0 Å². The highest BCUT2D eigenvalue weighted by atomic mass is 32.2. The molecule has 0 atom stereocenters. The molecule has 1 heterocycles. The second kappa shape index (κ2) is 13.5. The van der Waals surface area contributed by atoms with Gasteiger partial charge in [-0.15, -0.1) is 0 Å². The zero-order valence-electron chi connectivity index (χ0n) is 20.7. The number of carboxylic acid groups (broad SMARTS) is 1. The Kier molecular flexibility index (Phi) is 10.7. The number of ether oxygens (including phenoxy) is 1. The summed E-state index contributed by atoms with van der Waals surface area (Å²) in [4.78, 5) is 12.6. The summed E-state index contributed by atoms with van der Waals surface area (Å²) in [6.07, 6.45) is 6.55. The zero-order chi connectivity index (χ0) is 25.8. The minimum absolute atomic E-state index is 0.178. The van der Waals surface area contributed by atoms with E-state index in [0.29, 0.717) is 18.0 Å². The van der Waals surface area contributed by atoms with Crippen LogP contribution in [0, 0.1) is 12.8 Å². The van der Waals surface area contributed by atoms with Crippen LogP contribution in [-0.4, -0.2) is 31.5 Å². The van der Waals surface area contributed by atoms with Crippen molar-refractivity contribution in [3.63, 3.8) is 0 Å². The molecular weight excluding hydrogens is 464 g/mol. The number of aryl methyl sites for hydroxylation is 2. The van der Waals surface area contributed by atoms with Gasteiger partial charge < -0.3 is 9.84 Å². The number of carbonyl (C=O) groups is 1. The Bertz CT molecular complexity index is 1160. The van der Waals surface area contributed by atoms with Gasteiger partial charge in [-0.3, -0.25) is 14.1 Å². The Morgan fingerprint density at radius 3 is 2.31 bits per heavy atom. The molecule has 0 saturated heterocycles. The quantitative estimate of drug-likeness (QED) is 0.340. The molecule has 0 spiro atoms. The van der Waals surface area contributed by atoms with E-state index < -0.39 is 10.0 Å². The fourth-order valence-corrected chi connectivity index (χ4v) is 5.23. The van der Waals surface area contributed by atoms with Gasteiger partial charge in [-0.1, -0.05) is 39.3 Å². The van der Waals surface area contributed by atoms with Crippen LogP contribution in [0.3, 0.4) is 0 Å². The molecule has 3 rings (SSSR count). The number of anilines is 1. The summed E-state index contributed by atoms with van der Waals surface area (Å²) in [6.45, 7) is 8.37. The molecule has 8 heteroatoms. The van der Waals surface area contributed by atoms with Crippen LogP contribution in [0.5, 0.6) is 11.5 Å². The highest BCUT2D eigenvalue weighted by molar-refractivity contribution is 7.92. The third kappa shape index (κ3) is 8.10. The average Bonchev–Trinajstić information content (AvgIpc) is 2.83. The van der Waals surface area contributed by atoms with E-state index in [-0.39, 0.29) is 17.3 Å². The standard InChI is InChI=1S/C26H32N2O3S.CH2O2/c1-5-6-8-22-10-15-26(21(4)17-22)28(19-20(2)3)32(29,30)25-13-11-23(12-14-25)31-24-9-7-16-27-18-24;2-1-3/h7,9-18,20H,5-6,8,19H2,1-4H3;1H,(H,2,3). The van der Waals surface area contributed by atoms with Crippen LogP contribution in [0.15, 0.2) is 71.9 Å². The number of sulfonamides is 1. The van der Waals surface area contributed by atoms with Crippen molar-refractivity contribution in [3.05, 3.63) is 78.1 Å². The fourth-order valence-electron chi connectivity index (χ4n) is 3.54. The summed E-state index contributed by atoms with van der Waals surface area (Å²) in [5.41, 5.74) is 2.95. The maximum absolute atomic E-state index is 13.6. The number of hydrogen-bond donors (Lipinski definition) is 1. The molecule has 3 aromatic rings. The van der Waals surface area contributed by atoms with Gasteiger partial charge in [0, 0.05) is 12.7 Å². The highest BCUT2D eigenvalue weighted by Crippen LogP contribution is 2.30. The van der Waals surface area contributed by atoms with E-state index in [9.17, 15) is 8.42 Å². The summed E-state index contributed by atoms with van der Waals surface area (Å²) in [5.74, 6) is 1.34. The van der Waals surface area contributed by atoms with Crippen molar-refractivity contribution in [3.8, 4) is 11.5 Å². The largest absolute Gasteiger partial charge is 0.483 e. The minimum atomic E-state index is -3.73. The second-order valence-electron chi connectivity index (χ2n) is 8.52. The molecule has 1 aromatic heterocycles. The van der Waals surface area contributed by atoms with Gasteiger partial charge >= 0.3 is 0 Å². The molecular formula is C27H34N2O5S. The van der Waals surface area contributed by atoms with Gasteiger partial charge in [0.2, 0.25) is 0 Å². The first-order valence-corrected chi connectivity index (χ1v) is 13.0. The summed E-state index contributed by atoms with van der Waals surface area (Å²) in [6, 6.07) is 16.2. The molecule has 0 amide bonds. The average molecular weight is 499 g/mol. The van der Waals surface area contributed by atoms with E-state index in [1.54, 1.807) is 48.8 Å². The number of aromatic nitrogens is 1. The molecule has 2 aromatic carbocycles. The van der Waals surface area contributed by atoms with E-state index in [4.69, 9.17) is 14.6 Å². The summed E-state index contributed by atoms with van der Waals surface area (Å²) < 4.78 is 34.5. The smallest absolute Gasteiger partial charge is 0.290 e. The van der Waals surface area contributed by atoms with E-state index in [1.165, 1.54) is 9.87 Å². The van der Waals surface area contributed by atoms with E-state index >= 15 is 0 Å². The Morgan fingerprint density at radius 1 is 1.09 bits per heavy atom. The Morgan fingerprint density at radius 2 is 1.77 bits per heavy atom. The third-order valence-corrected chi connectivity index (χ3v) is 6.96. The molecule has 0 bridgehead atoms. The first kappa shape index (κ1) is 27.9. The molecule has 7 nitrogen and oxygen atoms in total. The molecule has 0 fully saturated rings. The second-order valence-corrected chi connectivity index (χ2v) is 10.4. The monoisotopic (exact) mass is 498 g/mol. The Labute approximate surface area is 208 Å². The third-order valence-electron chi connectivity index (χ3n) is 5.16. The summed E-state index contributed by atoms with van der Waals surface area (Å²) >= 11 is 0. The van der Waals surface area contributed by atoms with Gasteiger partial charge in [0.25, 0.3) is 16.5 Å². The van der Waals surface area contributed by atoms with Crippen LogP contribution < -0.4 is 9.04 Å². The summed E-state index contributed by atoms with van der Waals surface area (Å²) in [5, 5.41) is 6.89. The van der Waals surface area contributed by atoms with Crippen LogP contribution in [-0.2, 0) is 21.2 Å². The highest BCUT2D eigenvalue weighted by Gasteiger charge is 2.27. The predicted molar refractivity (Wildman–Crippen MR) is 139 cm³/mol. The van der Waals surface area contributed by atoms with E-state index in [2.05, 4.69) is 18.0 Å². The van der Waals surface area contributed by atoms with Gasteiger partial charge in [-0.05, 0) is 79.3 Å². The Hall–Kier alpha value is -3.39. The first-order chi connectivity index (χ1) is 16.7. The van der Waals surface area contributed by atoms with E-state index in [1.807, 2.05) is 32.9 Å².